The van der Waals surface area contributed by atoms with E-state index in [4.69, 9.17) is 0 Å². The van der Waals surface area contributed by atoms with Crippen molar-refractivity contribution in [2.45, 2.75) is 75.4 Å². The summed E-state index contributed by atoms with van der Waals surface area (Å²) in [6.07, 6.45) is 5.66. The lowest BCUT2D eigenvalue weighted by Gasteiger charge is -2.24. The molecule has 3 N–H and O–H groups in total. The molecule has 1 amide bonds. The molecule has 3 atom stereocenters. The summed E-state index contributed by atoms with van der Waals surface area (Å²) in [5.74, 6) is 0.500. The number of halogens is 1. The number of anilines is 1. The van der Waals surface area contributed by atoms with Gasteiger partial charge in [0.15, 0.2) is 0 Å². The topological polar surface area (TPSA) is 87.3 Å². The van der Waals surface area contributed by atoms with Crippen molar-refractivity contribution in [3.63, 3.8) is 0 Å². The largest absolute Gasteiger partial charge is 0.325 e. The first kappa shape index (κ1) is 22.1. The van der Waals surface area contributed by atoms with Crippen LogP contribution in [0.2, 0.25) is 0 Å². The maximum absolute atomic E-state index is 12.6. The average Bonchev–Trinajstić information content (AvgIpc) is 2.97. The van der Waals surface area contributed by atoms with Gasteiger partial charge in [-0.05, 0) is 64.2 Å². The van der Waals surface area contributed by atoms with Crippen molar-refractivity contribution >= 4 is 34.0 Å². The normalized spacial score (nSPS) is 25.4. The van der Waals surface area contributed by atoms with E-state index in [1.54, 1.807) is 32.9 Å². The molecule has 2 aliphatic rings. The van der Waals surface area contributed by atoms with Crippen LogP contribution in [0, 0.1) is 5.92 Å². The molecule has 0 spiro atoms. The van der Waals surface area contributed by atoms with Crippen LogP contribution in [0.5, 0.6) is 0 Å². The molecule has 1 aliphatic heterocycles. The predicted molar refractivity (Wildman–Crippen MR) is 110 cm³/mol. The molecule has 6 nitrogen and oxygen atoms in total. The van der Waals surface area contributed by atoms with Crippen molar-refractivity contribution < 1.29 is 13.2 Å². The Morgan fingerprint density at radius 2 is 1.89 bits per heavy atom. The Balaban J connectivity index is 0.00000261. The van der Waals surface area contributed by atoms with E-state index in [1.165, 1.54) is 31.4 Å². The number of rotatable bonds is 4. The van der Waals surface area contributed by atoms with Crippen LogP contribution in [0.4, 0.5) is 5.69 Å². The molecule has 3 rings (SSSR count). The number of hydrogen-bond acceptors (Lipinski definition) is 4. The lowest BCUT2D eigenvalue weighted by Crippen LogP contribution is -2.40. The quantitative estimate of drug-likeness (QED) is 0.705. The highest BCUT2D eigenvalue weighted by molar-refractivity contribution is 7.89. The van der Waals surface area contributed by atoms with Crippen LogP contribution in [0.15, 0.2) is 29.2 Å². The molecule has 1 saturated heterocycles. The molecule has 27 heavy (non-hydrogen) atoms. The molecule has 3 unspecified atom stereocenters. The maximum atomic E-state index is 12.6. The highest BCUT2D eigenvalue weighted by Gasteiger charge is 2.38. The minimum atomic E-state index is -3.63. The van der Waals surface area contributed by atoms with Gasteiger partial charge >= 0.3 is 0 Å². The van der Waals surface area contributed by atoms with Crippen LogP contribution in [0.3, 0.4) is 0 Å². The third-order valence-electron chi connectivity index (χ3n) is 5.03. The van der Waals surface area contributed by atoms with Gasteiger partial charge in [0.05, 0.1) is 10.9 Å². The van der Waals surface area contributed by atoms with Crippen LogP contribution >= 0.6 is 12.4 Å². The third kappa shape index (κ3) is 5.67. The molecule has 1 aromatic rings. The highest BCUT2D eigenvalue weighted by atomic mass is 35.5. The lowest BCUT2D eigenvalue weighted by molar-refractivity contribution is -0.117. The Kier molecular flexibility index (Phi) is 6.95. The van der Waals surface area contributed by atoms with Crippen LogP contribution in [-0.4, -0.2) is 31.9 Å². The zero-order chi connectivity index (χ0) is 18.9. The van der Waals surface area contributed by atoms with Crippen LogP contribution in [0.25, 0.3) is 0 Å². The number of carbonyl (C=O) groups is 1. The molecular weight excluding hydrogens is 386 g/mol. The van der Waals surface area contributed by atoms with Gasteiger partial charge in [-0.25, -0.2) is 13.1 Å². The highest BCUT2D eigenvalue weighted by Crippen LogP contribution is 2.33. The fraction of sp³-hybridized carbons (Fsp3) is 0.632. The zero-order valence-corrected chi connectivity index (χ0v) is 17.8. The Hall–Kier alpha value is -1.15. The number of hydrogen-bond donors (Lipinski definition) is 3. The van der Waals surface area contributed by atoms with E-state index in [0.29, 0.717) is 17.6 Å². The summed E-state index contributed by atoms with van der Waals surface area (Å²) in [7, 11) is -3.63. The van der Waals surface area contributed by atoms with Gasteiger partial charge in [0, 0.05) is 17.3 Å². The van der Waals surface area contributed by atoms with Crippen molar-refractivity contribution in [3.05, 3.63) is 24.3 Å². The fourth-order valence-electron chi connectivity index (χ4n) is 3.95. The summed E-state index contributed by atoms with van der Waals surface area (Å²) >= 11 is 0. The average molecular weight is 416 g/mol. The molecule has 8 heteroatoms. The second kappa shape index (κ2) is 8.47. The van der Waals surface area contributed by atoms with Gasteiger partial charge in [0.1, 0.15) is 0 Å². The Bertz CT molecular complexity index is 763. The zero-order valence-electron chi connectivity index (χ0n) is 16.1. The van der Waals surface area contributed by atoms with Crippen LogP contribution in [0.1, 0.15) is 52.9 Å². The first-order chi connectivity index (χ1) is 12.1. The third-order valence-corrected chi connectivity index (χ3v) is 6.79. The molecule has 1 aliphatic carbocycles. The van der Waals surface area contributed by atoms with Gasteiger partial charge in [-0.1, -0.05) is 18.9 Å². The summed E-state index contributed by atoms with van der Waals surface area (Å²) < 4.78 is 27.6. The number of carbonyl (C=O) groups excluding carboxylic acids is 1. The molecular formula is C19H30ClN3O3S. The molecule has 1 saturated carbocycles. The number of benzene rings is 1. The Morgan fingerprint density at radius 1 is 1.19 bits per heavy atom. The molecule has 0 bridgehead atoms. The minimum Gasteiger partial charge on any atom is -0.325 e. The predicted octanol–water partition coefficient (Wildman–Crippen LogP) is 3.04. The van der Waals surface area contributed by atoms with E-state index in [2.05, 4.69) is 15.4 Å². The first-order valence-corrected chi connectivity index (χ1v) is 10.8. The van der Waals surface area contributed by atoms with E-state index < -0.39 is 15.6 Å². The minimum absolute atomic E-state index is 0. The van der Waals surface area contributed by atoms with E-state index in [-0.39, 0.29) is 29.3 Å². The summed E-state index contributed by atoms with van der Waals surface area (Å²) in [5, 5.41) is 6.32. The smallest absolute Gasteiger partial charge is 0.241 e. The summed E-state index contributed by atoms with van der Waals surface area (Å²) in [4.78, 5) is 12.8. The van der Waals surface area contributed by atoms with Gasteiger partial charge in [-0.3, -0.25) is 4.79 Å². The molecule has 152 valence electrons. The number of nitrogens with one attached hydrogen (secondary N) is 3. The second-order valence-electron chi connectivity index (χ2n) is 8.48. The SMILES string of the molecule is CC(C)(C)NS(=O)(=O)c1cccc(NC(=O)C2CC3CCCCC3N2)c1.Cl. The lowest BCUT2D eigenvalue weighted by atomic mass is 9.85. The fourth-order valence-corrected chi connectivity index (χ4v) is 5.42. The molecule has 1 heterocycles. The number of fused-ring (bicyclic) bond motifs is 1. The number of amides is 1. The van der Waals surface area contributed by atoms with Crippen LogP contribution < -0.4 is 15.4 Å². The van der Waals surface area contributed by atoms with E-state index in [0.717, 1.165) is 12.8 Å². The van der Waals surface area contributed by atoms with E-state index in [1.807, 2.05) is 0 Å². The van der Waals surface area contributed by atoms with E-state index >= 15 is 0 Å². The maximum Gasteiger partial charge on any atom is 0.241 e. The standard InChI is InChI=1S/C19H29N3O3S.ClH/c1-19(2,3)22-26(24,25)15-9-6-8-14(12-15)20-18(23)17-11-13-7-4-5-10-16(13)21-17;/h6,8-9,12-13,16-17,21-22H,4-5,7,10-11H2,1-3H3,(H,20,23);1H. The summed E-state index contributed by atoms with van der Waals surface area (Å²) in [5.41, 5.74) is -0.0641. The van der Waals surface area contributed by atoms with Gasteiger partial charge in [-0.15, -0.1) is 12.4 Å². The van der Waals surface area contributed by atoms with Gasteiger partial charge < -0.3 is 10.6 Å². The van der Waals surface area contributed by atoms with Gasteiger partial charge in [0.25, 0.3) is 0 Å². The van der Waals surface area contributed by atoms with Gasteiger partial charge in [0.2, 0.25) is 15.9 Å². The van der Waals surface area contributed by atoms with Gasteiger partial charge in [-0.2, -0.15) is 0 Å². The van der Waals surface area contributed by atoms with Crippen molar-refractivity contribution in [1.29, 1.82) is 0 Å². The van der Waals surface area contributed by atoms with E-state index in [9.17, 15) is 13.2 Å². The van der Waals surface area contributed by atoms with Crippen molar-refractivity contribution in [2.75, 3.05) is 5.32 Å². The number of sulfonamides is 1. The van der Waals surface area contributed by atoms with Crippen molar-refractivity contribution in [1.82, 2.24) is 10.0 Å². The van der Waals surface area contributed by atoms with Crippen molar-refractivity contribution in [3.8, 4) is 0 Å². The molecule has 1 aromatic carbocycles. The van der Waals surface area contributed by atoms with Crippen molar-refractivity contribution in [2.24, 2.45) is 5.92 Å². The Labute approximate surface area is 168 Å². The second-order valence-corrected chi connectivity index (χ2v) is 10.2. The van der Waals surface area contributed by atoms with Crippen LogP contribution in [-0.2, 0) is 14.8 Å². The first-order valence-electron chi connectivity index (χ1n) is 9.35. The Morgan fingerprint density at radius 3 is 2.56 bits per heavy atom. The molecule has 0 radical (unpaired) electrons. The summed E-state index contributed by atoms with van der Waals surface area (Å²) in [6, 6.07) is 6.66. The molecule has 0 aromatic heterocycles. The summed E-state index contributed by atoms with van der Waals surface area (Å²) in [6.45, 7) is 5.38. The molecule has 2 fully saturated rings. The monoisotopic (exact) mass is 415 g/mol.